The normalized spacial score (nSPS) is 18.3. The molecule has 0 bridgehead atoms. The standard InChI is InChI=1S/C22H23FN6O2/c1-14-11-20(30)27-21(25-14)29-19(12-18(28-29)16-5-3-2-4-6-16)26-22(31)24-13-15-7-9-17(23)10-8-15/h2-10,12,14,21,25H,11,13H2,1H3,(H,27,30)(H2,24,26,31). The van der Waals surface area contributed by atoms with Crippen molar-refractivity contribution in [2.24, 2.45) is 0 Å². The number of urea groups is 1. The molecule has 1 fully saturated rings. The Hall–Kier alpha value is -3.72. The first-order chi connectivity index (χ1) is 15.0. The Labute approximate surface area is 178 Å². The van der Waals surface area contributed by atoms with Crippen molar-refractivity contribution < 1.29 is 14.0 Å². The predicted octanol–water partition coefficient (Wildman–Crippen LogP) is 2.97. The minimum Gasteiger partial charge on any atom is -0.334 e. The van der Waals surface area contributed by atoms with Crippen molar-refractivity contribution in [1.29, 1.82) is 0 Å². The lowest BCUT2D eigenvalue weighted by Gasteiger charge is -2.30. The number of carbonyl (C=O) groups excluding carboxylic acids is 2. The van der Waals surface area contributed by atoms with Crippen LogP contribution in [0.2, 0.25) is 0 Å². The molecule has 4 N–H and O–H groups in total. The molecule has 0 radical (unpaired) electrons. The van der Waals surface area contributed by atoms with E-state index in [0.29, 0.717) is 17.9 Å². The number of hydrogen-bond donors (Lipinski definition) is 4. The van der Waals surface area contributed by atoms with E-state index in [1.165, 1.54) is 12.1 Å². The number of nitrogens with one attached hydrogen (secondary N) is 4. The summed E-state index contributed by atoms with van der Waals surface area (Å²) in [4.78, 5) is 24.5. The third-order valence-electron chi connectivity index (χ3n) is 4.89. The summed E-state index contributed by atoms with van der Waals surface area (Å²) < 4.78 is 14.6. The molecule has 2 atom stereocenters. The summed E-state index contributed by atoms with van der Waals surface area (Å²) in [6.45, 7) is 2.15. The second-order valence-electron chi connectivity index (χ2n) is 7.40. The minimum atomic E-state index is -0.596. The summed E-state index contributed by atoms with van der Waals surface area (Å²) in [5.41, 5.74) is 2.31. The van der Waals surface area contributed by atoms with Gasteiger partial charge in [-0.2, -0.15) is 5.10 Å². The highest BCUT2D eigenvalue weighted by Crippen LogP contribution is 2.24. The van der Waals surface area contributed by atoms with Crippen molar-refractivity contribution in [2.45, 2.75) is 32.2 Å². The van der Waals surface area contributed by atoms with Crippen LogP contribution in [0.25, 0.3) is 11.3 Å². The predicted molar refractivity (Wildman–Crippen MR) is 114 cm³/mol. The van der Waals surface area contributed by atoms with Crippen LogP contribution >= 0.6 is 0 Å². The molecule has 9 heteroatoms. The monoisotopic (exact) mass is 422 g/mol. The molecule has 2 heterocycles. The Kier molecular flexibility index (Phi) is 5.94. The minimum absolute atomic E-state index is 0.0386. The number of nitrogens with zero attached hydrogens (tertiary/aromatic N) is 2. The molecule has 8 nitrogen and oxygen atoms in total. The average molecular weight is 422 g/mol. The molecule has 4 rings (SSSR count). The zero-order chi connectivity index (χ0) is 21.8. The van der Waals surface area contributed by atoms with E-state index in [1.807, 2.05) is 37.3 Å². The Balaban J connectivity index is 1.54. The lowest BCUT2D eigenvalue weighted by Crippen LogP contribution is -2.52. The Morgan fingerprint density at radius 1 is 1.19 bits per heavy atom. The Bertz CT molecular complexity index is 1070. The molecule has 0 spiro atoms. The maximum Gasteiger partial charge on any atom is 0.320 e. The topological polar surface area (TPSA) is 100 Å². The van der Waals surface area contributed by atoms with Gasteiger partial charge in [0.1, 0.15) is 11.6 Å². The van der Waals surface area contributed by atoms with Gasteiger partial charge in [0.15, 0.2) is 6.29 Å². The van der Waals surface area contributed by atoms with E-state index in [0.717, 1.165) is 11.1 Å². The number of amides is 3. The molecule has 2 aromatic carbocycles. The van der Waals surface area contributed by atoms with Gasteiger partial charge in [0.05, 0.1) is 5.69 Å². The van der Waals surface area contributed by atoms with Crippen molar-refractivity contribution in [3.8, 4) is 11.3 Å². The number of rotatable bonds is 5. The van der Waals surface area contributed by atoms with Crippen molar-refractivity contribution in [3.05, 3.63) is 72.0 Å². The van der Waals surface area contributed by atoms with Gasteiger partial charge in [-0.3, -0.25) is 15.4 Å². The molecule has 160 valence electrons. The molecule has 1 aliphatic rings. The lowest BCUT2D eigenvalue weighted by atomic mass is 10.2. The van der Waals surface area contributed by atoms with Gasteiger partial charge < -0.3 is 10.6 Å². The highest BCUT2D eigenvalue weighted by atomic mass is 19.1. The van der Waals surface area contributed by atoms with Gasteiger partial charge in [0.25, 0.3) is 0 Å². The van der Waals surface area contributed by atoms with Crippen LogP contribution in [0.1, 0.15) is 25.2 Å². The molecule has 3 amide bonds. The highest BCUT2D eigenvalue weighted by molar-refractivity contribution is 5.89. The van der Waals surface area contributed by atoms with E-state index in [4.69, 9.17) is 0 Å². The van der Waals surface area contributed by atoms with Crippen molar-refractivity contribution in [2.75, 3.05) is 5.32 Å². The molecule has 1 aromatic heterocycles. The summed E-state index contributed by atoms with van der Waals surface area (Å²) in [6, 6.07) is 16.7. The first-order valence-electron chi connectivity index (χ1n) is 9.97. The lowest BCUT2D eigenvalue weighted by molar-refractivity contribution is -0.125. The van der Waals surface area contributed by atoms with Gasteiger partial charge >= 0.3 is 6.03 Å². The maximum atomic E-state index is 13.0. The zero-order valence-corrected chi connectivity index (χ0v) is 16.9. The fourth-order valence-corrected chi connectivity index (χ4v) is 3.37. The number of benzene rings is 2. The third kappa shape index (κ3) is 5.07. The maximum absolute atomic E-state index is 13.0. The fraction of sp³-hybridized carbons (Fsp3) is 0.227. The van der Waals surface area contributed by atoms with E-state index < -0.39 is 12.3 Å². The molecule has 2 unspecified atom stereocenters. The molecule has 31 heavy (non-hydrogen) atoms. The van der Waals surface area contributed by atoms with Crippen molar-refractivity contribution >= 4 is 17.8 Å². The van der Waals surface area contributed by atoms with Gasteiger partial charge in [-0.25, -0.2) is 13.9 Å². The molecule has 3 aromatic rings. The number of halogens is 1. The van der Waals surface area contributed by atoms with Crippen LogP contribution in [0.3, 0.4) is 0 Å². The van der Waals surface area contributed by atoms with Gasteiger partial charge in [-0.1, -0.05) is 42.5 Å². The van der Waals surface area contributed by atoms with Crippen LogP contribution in [0.4, 0.5) is 15.0 Å². The zero-order valence-electron chi connectivity index (χ0n) is 16.9. The first-order valence-corrected chi connectivity index (χ1v) is 9.97. The number of anilines is 1. The molecule has 0 aliphatic carbocycles. The van der Waals surface area contributed by atoms with Crippen LogP contribution in [0, 0.1) is 5.82 Å². The second kappa shape index (κ2) is 8.97. The number of aromatic nitrogens is 2. The average Bonchev–Trinajstić information content (AvgIpc) is 3.17. The summed E-state index contributed by atoms with van der Waals surface area (Å²) in [5, 5.41) is 16.3. The molecular formula is C22H23FN6O2. The first kappa shape index (κ1) is 20.5. The van der Waals surface area contributed by atoms with Gasteiger partial charge in [0.2, 0.25) is 5.91 Å². The molecule has 1 aliphatic heterocycles. The molecule has 1 saturated heterocycles. The largest absolute Gasteiger partial charge is 0.334 e. The van der Waals surface area contributed by atoms with Gasteiger partial charge in [-0.05, 0) is 24.6 Å². The fourth-order valence-electron chi connectivity index (χ4n) is 3.37. The summed E-state index contributed by atoms with van der Waals surface area (Å²) >= 11 is 0. The van der Waals surface area contributed by atoms with E-state index >= 15 is 0 Å². The smallest absolute Gasteiger partial charge is 0.320 e. The van der Waals surface area contributed by atoms with E-state index in [9.17, 15) is 14.0 Å². The van der Waals surface area contributed by atoms with E-state index in [-0.39, 0.29) is 24.3 Å². The quantitative estimate of drug-likeness (QED) is 0.508. The summed E-state index contributed by atoms with van der Waals surface area (Å²) in [7, 11) is 0. The van der Waals surface area contributed by atoms with E-state index in [2.05, 4.69) is 26.4 Å². The second-order valence-corrected chi connectivity index (χ2v) is 7.40. The summed E-state index contributed by atoms with van der Waals surface area (Å²) in [6.07, 6.45) is -0.231. The van der Waals surface area contributed by atoms with E-state index in [1.54, 1.807) is 22.9 Å². The van der Waals surface area contributed by atoms with Gasteiger partial charge in [-0.15, -0.1) is 0 Å². The highest BCUT2D eigenvalue weighted by Gasteiger charge is 2.27. The summed E-state index contributed by atoms with van der Waals surface area (Å²) in [5.74, 6) is -0.0103. The molecular weight excluding hydrogens is 399 g/mol. The Morgan fingerprint density at radius 2 is 1.94 bits per heavy atom. The number of hydrogen-bond acceptors (Lipinski definition) is 4. The van der Waals surface area contributed by atoms with Crippen LogP contribution in [0.5, 0.6) is 0 Å². The third-order valence-corrected chi connectivity index (χ3v) is 4.89. The van der Waals surface area contributed by atoms with Gasteiger partial charge in [0, 0.05) is 30.6 Å². The molecule has 0 saturated carbocycles. The van der Waals surface area contributed by atoms with Crippen molar-refractivity contribution in [3.63, 3.8) is 0 Å². The van der Waals surface area contributed by atoms with Crippen molar-refractivity contribution in [1.82, 2.24) is 25.7 Å². The van der Waals surface area contributed by atoms with Crippen LogP contribution in [0.15, 0.2) is 60.7 Å². The SMILES string of the molecule is CC1CC(=O)NC(n2nc(-c3ccccc3)cc2NC(=O)NCc2ccc(F)cc2)N1. The Morgan fingerprint density at radius 3 is 2.65 bits per heavy atom. The van der Waals surface area contributed by atoms with Crippen LogP contribution in [-0.4, -0.2) is 27.8 Å². The number of carbonyl (C=O) groups is 2. The van der Waals surface area contributed by atoms with Crippen LogP contribution < -0.4 is 21.3 Å². The van der Waals surface area contributed by atoms with Crippen LogP contribution in [-0.2, 0) is 11.3 Å².